The Morgan fingerprint density at radius 3 is 2.63 bits per heavy atom. The molecule has 0 spiro atoms. The number of aliphatic hydroxyl groups excluding tert-OH is 1. The second-order valence-electron chi connectivity index (χ2n) is 6.69. The Kier molecular flexibility index (Phi) is 6.15. The third-order valence-corrected chi connectivity index (χ3v) is 5.59. The van der Waals surface area contributed by atoms with E-state index in [1.807, 2.05) is 0 Å². The molecular formula is C17H33NO. The quantitative estimate of drug-likeness (QED) is 0.709. The molecule has 112 valence electrons. The normalized spacial score (nSPS) is 35.5. The van der Waals surface area contributed by atoms with Crippen LogP contribution < -0.4 is 0 Å². The number of piperidine rings is 1. The largest absolute Gasteiger partial charge is 0.396 e. The average molecular weight is 267 g/mol. The summed E-state index contributed by atoms with van der Waals surface area (Å²) in [5.74, 6) is 1.64. The number of nitrogens with zero attached hydrogens (tertiary/aromatic N) is 1. The smallest absolute Gasteiger partial charge is 0.0434 e. The highest BCUT2D eigenvalue weighted by molar-refractivity contribution is 4.97. The van der Waals surface area contributed by atoms with Gasteiger partial charge in [0, 0.05) is 18.7 Å². The molecule has 2 fully saturated rings. The van der Waals surface area contributed by atoms with Crippen LogP contribution in [0.15, 0.2) is 0 Å². The maximum Gasteiger partial charge on any atom is 0.0434 e. The van der Waals surface area contributed by atoms with Crippen molar-refractivity contribution >= 4 is 0 Å². The molecule has 0 aromatic heterocycles. The van der Waals surface area contributed by atoms with Gasteiger partial charge < -0.3 is 5.11 Å². The number of fused-ring (bicyclic) bond motifs is 1. The van der Waals surface area contributed by atoms with Gasteiger partial charge in [-0.05, 0) is 50.5 Å². The van der Waals surface area contributed by atoms with Crippen LogP contribution in [0, 0.1) is 11.8 Å². The first-order chi connectivity index (χ1) is 9.31. The molecule has 4 atom stereocenters. The number of rotatable bonds is 7. The molecule has 0 bridgehead atoms. The molecule has 19 heavy (non-hydrogen) atoms. The monoisotopic (exact) mass is 267 g/mol. The summed E-state index contributed by atoms with van der Waals surface area (Å²) in [5.41, 5.74) is 0. The molecule has 0 aliphatic carbocycles. The fourth-order valence-electron chi connectivity index (χ4n) is 4.63. The first-order valence-electron chi connectivity index (χ1n) is 8.68. The van der Waals surface area contributed by atoms with E-state index in [0.29, 0.717) is 6.61 Å². The molecule has 0 amide bonds. The summed E-state index contributed by atoms with van der Waals surface area (Å²) in [5, 5.41) is 9.32. The second kappa shape index (κ2) is 7.64. The molecule has 2 aliphatic heterocycles. The van der Waals surface area contributed by atoms with Gasteiger partial charge in [0.05, 0.1) is 0 Å². The van der Waals surface area contributed by atoms with Crippen molar-refractivity contribution in [2.24, 2.45) is 11.8 Å². The molecule has 2 unspecified atom stereocenters. The van der Waals surface area contributed by atoms with Crippen LogP contribution >= 0.6 is 0 Å². The van der Waals surface area contributed by atoms with Gasteiger partial charge in [-0.3, -0.25) is 4.90 Å². The summed E-state index contributed by atoms with van der Waals surface area (Å²) in [6.45, 7) is 6.36. The van der Waals surface area contributed by atoms with E-state index in [1.54, 1.807) is 0 Å². The lowest BCUT2D eigenvalue weighted by Gasteiger charge is -2.47. The zero-order chi connectivity index (χ0) is 13.7. The van der Waals surface area contributed by atoms with E-state index in [-0.39, 0.29) is 0 Å². The maximum atomic E-state index is 9.32. The number of unbranched alkanes of at least 4 members (excludes halogenated alkanes) is 2. The topological polar surface area (TPSA) is 23.5 Å². The summed E-state index contributed by atoms with van der Waals surface area (Å²) in [7, 11) is 0. The first kappa shape index (κ1) is 15.3. The predicted octanol–water partition coefficient (Wildman–Crippen LogP) is 3.83. The summed E-state index contributed by atoms with van der Waals surface area (Å²) >= 11 is 0. The molecule has 0 radical (unpaired) electrons. The molecule has 0 aromatic rings. The Morgan fingerprint density at radius 1 is 1.11 bits per heavy atom. The van der Waals surface area contributed by atoms with E-state index in [9.17, 15) is 5.11 Å². The molecule has 2 aliphatic rings. The van der Waals surface area contributed by atoms with Crippen LogP contribution in [0.1, 0.15) is 71.6 Å². The highest BCUT2D eigenvalue weighted by atomic mass is 16.3. The van der Waals surface area contributed by atoms with Gasteiger partial charge in [0.1, 0.15) is 0 Å². The lowest BCUT2D eigenvalue weighted by atomic mass is 9.75. The Bertz CT molecular complexity index is 256. The van der Waals surface area contributed by atoms with Crippen LogP contribution in [-0.2, 0) is 0 Å². The van der Waals surface area contributed by atoms with Crippen molar-refractivity contribution in [3.8, 4) is 0 Å². The second-order valence-corrected chi connectivity index (χ2v) is 6.69. The SMILES string of the molecule is CCCCC[C@@H]1C(CC)CC(CCO)[C@H]2CCCN12. The molecule has 1 N–H and O–H groups in total. The summed E-state index contributed by atoms with van der Waals surface area (Å²) < 4.78 is 0. The van der Waals surface area contributed by atoms with Gasteiger partial charge in [0.25, 0.3) is 0 Å². The molecule has 2 heterocycles. The fourth-order valence-corrected chi connectivity index (χ4v) is 4.63. The van der Waals surface area contributed by atoms with Gasteiger partial charge in [-0.25, -0.2) is 0 Å². The van der Waals surface area contributed by atoms with Gasteiger partial charge in [-0.15, -0.1) is 0 Å². The number of aliphatic hydroxyl groups is 1. The number of hydrogen-bond acceptors (Lipinski definition) is 2. The Hall–Kier alpha value is -0.0800. The van der Waals surface area contributed by atoms with Crippen LogP contribution in [0.4, 0.5) is 0 Å². The van der Waals surface area contributed by atoms with Gasteiger partial charge in [-0.2, -0.15) is 0 Å². The van der Waals surface area contributed by atoms with Crippen molar-refractivity contribution in [1.29, 1.82) is 0 Å². The highest BCUT2D eigenvalue weighted by Gasteiger charge is 2.43. The van der Waals surface area contributed by atoms with Gasteiger partial charge in [0.2, 0.25) is 0 Å². The Morgan fingerprint density at radius 2 is 1.95 bits per heavy atom. The summed E-state index contributed by atoms with van der Waals surface area (Å²) in [6.07, 6.45) is 12.0. The average Bonchev–Trinajstić information content (AvgIpc) is 2.90. The lowest BCUT2D eigenvalue weighted by Crippen LogP contribution is -2.52. The van der Waals surface area contributed by atoms with Crippen molar-refractivity contribution in [1.82, 2.24) is 4.90 Å². The highest BCUT2D eigenvalue weighted by Crippen LogP contribution is 2.42. The summed E-state index contributed by atoms with van der Waals surface area (Å²) in [4.78, 5) is 2.84. The van der Waals surface area contributed by atoms with E-state index < -0.39 is 0 Å². The zero-order valence-corrected chi connectivity index (χ0v) is 13.0. The minimum Gasteiger partial charge on any atom is -0.396 e. The molecule has 2 nitrogen and oxygen atoms in total. The minimum absolute atomic E-state index is 0.381. The Labute approximate surface area is 119 Å². The predicted molar refractivity (Wildman–Crippen MR) is 81.2 cm³/mol. The van der Waals surface area contributed by atoms with Crippen molar-refractivity contribution < 1.29 is 5.11 Å². The molecule has 2 saturated heterocycles. The Balaban J connectivity index is 2.00. The maximum absolute atomic E-state index is 9.32. The van der Waals surface area contributed by atoms with E-state index in [1.165, 1.54) is 57.9 Å². The van der Waals surface area contributed by atoms with Gasteiger partial charge in [-0.1, -0.05) is 39.5 Å². The molecule has 0 aromatic carbocycles. The van der Waals surface area contributed by atoms with Gasteiger partial charge >= 0.3 is 0 Å². The third-order valence-electron chi connectivity index (χ3n) is 5.59. The summed E-state index contributed by atoms with van der Waals surface area (Å²) in [6, 6.07) is 1.64. The van der Waals surface area contributed by atoms with Crippen LogP contribution in [0.3, 0.4) is 0 Å². The first-order valence-corrected chi connectivity index (χ1v) is 8.68. The van der Waals surface area contributed by atoms with Crippen molar-refractivity contribution in [2.45, 2.75) is 83.7 Å². The fraction of sp³-hybridized carbons (Fsp3) is 1.00. The zero-order valence-electron chi connectivity index (χ0n) is 13.0. The van der Waals surface area contributed by atoms with Gasteiger partial charge in [0.15, 0.2) is 0 Å². The van der Waals surface area contributed by atoms with Crippen LogP contribution in [-0.4, -0.2) is 35.2 Å². The standard InChI is InChI=1S/C17H33NO/c1-3-5-6-8-16-14(4-2)13-15(10-12-19)17-9-7-11-18(16)17/h14-17,19H,3-13H2,1-2H3/t14?,15?,16-,17-/m1/s1. The van der Waals surface area contributed by atoms with Crippen LogP contribution in [0.25, 0.3) is 0 Å². The molecule has 0 saturated carbocycles. The van der Waals surface area contributed by atoms with Crippen molar-refractivity contribution in [3.05, 3.63) is 0 Å². The van der Waals surface area contributed by atoms with E-state index >= 15 is 0 Å². The van der Waals surface area contributed by atoms with E-state index in [0.717, 1.165) is 30.3 Å². The van der Waals surface area contributed by atoms with E-state index in [4.69, 9.17) is 0 Å². The minimum atomic E-state index is 0.381. The molecule has 2 heteroatoms. The van der Waals surface area contributed by atoms with Crippen molar-refractivity contribution in [3.63, 3.8) is 0 Å². The van der Waals surface area contributed by atoms with E-state index in [2.05, 4.69) is 18.7 Å². The lowest BCUT2D eigenvalue weighted by molar-refractivity contribution is 0.0106. The van der Waals surface area contributed by atoms with Crippen molar-refractivity contribution in [2.75, 3.05) is 13.2 Å². The third kappa shape index (κ3) is 3.52. The van der Waals surface area contributed by atoms with Crippen LogP contribution in [0.2, 0.25) is 0 Å². The molecule has 2 rings (SSSR count). The number of hydrogen-bond donors (Lipinski definition) is 1. The van der Waals surface area contributed by atoms with Crippen LogP contribution in [0.5, 0.6) is 0 Å². The molecular weight excluding hydrogens is 234 g/mol.